The van der Waals surface area contributed by atoms with Crippen molar-refractivity contribution in [2.45, 2.75) is 45.1 Å². The van der Waals surface area contributed by atoms with Crippen molar-refractivity contribution in [3.05, 3.63) is 58.9 Å². The van der Waals surface area contributed by atoms with Gasteiger partial charge >= 0.3 is 0 Å². The fraction of sp³-hybridized carbons (Fsp3) is 0.450. The van der Waals surface area contributed by atoms with Crippen molar-refractivity contribution in [3.8, 4) is 0 Å². The zero-order chi connectivity index (χ0) is 17.5. The third kappa shape index (κ3) is 5.05. The van der Waals surface area contributed by atoms with Gasteiger partial charge in [-0.2, -0.15) is 0 Å². The van der Waals surface area contributed by atoms with E-state index in [2.05, 4.69) is 31.2 Å². The summed E-state index contributed by atoms with van der Waals surface area (Å²) in [5.41, 5.74) is 10.1. The van der Waals surface area contributed by atoms with Crippen molar-refractivity contribution in [2.24, 2.45) is 12.8 Å². The van der Waals surface area contributed by atoms with Gasteiger partial charge in [-0.3, -0.25) is 4.79 Å². The molecular weight excluding hydrogens is 300 g/mol. The summed E-state index contributed by atoms with van der Waals surface area (Å²) in [4.78, 5) is 12.4. The van der Waals surface area contributed by atoms with Crippen LogP contribution in [0.2, 0.25) is 0 Å². The molecule has 1 aromatic heterocycles. The molecular formula is C20H28N2O2. The van der Waals surface area contributed by atoms with Gasteiger partial charge in [0, 0.05) is 25.2 Å². The van der Waals surface area contributed by atoms with E-state index in [1.54, 1.807) is 0 Å². The third-order valence-corrected chi connectivity index (χ3v) is 4.51. The first-order valence-corrected chi connectivity index (χ1v) is 8.61. The highest BCUT2D eigenvalue weighted by Crippen LogP contribution is 2.14. The Morgan fingerprint density at radius 3 is 2.54 bits per heavy atom. The number of carbonyl (C=O) groups excluding carboxylic acids is 1. The van der Waals surface area contributed by atoms with E-state index in [-0.39, 0.29) is 18.4 Å². The largest absolute Gasteiger partial charge is 0.395 e. The minimum absolute atomic E-state index is 0.00474. The fourth-order valence-electron chi connectivity index (χ4n) is 2.84. The third-order valence-electron chi connectivity index (χ3n) is 4.51. The molecule has 24 heavy (non-hydrogen) atoms. The number of aromatic nitrogens is 1. The lowest BCUT2D eigenvalue weighted by Crippen LogP contribution is -2.25. The highest BCUT2D eigenvalue weighted by molar-refractivity contribution is 5.94. The van der Waals surface area contributed by atoms with Crippen LogP contribution in [0.1, 0.15) is 46.6 Å². The molecule has 0 saturated carbocycles. The second-order valence-electron chi connectivity index (χ2n) is 6.51. The molecule has 0 saturated heterocycles. The lowest BCUT2D eigenvalue weighted by molar-refractivity contribution is 0.0972. The highest BCUT2D eigenvalue weighted by Gasteiger charge is 2.13. The fourth-order valence-corrected chi connectivity index (χ4v) is 2.84. The molecule has 3 N–H and O–H groups in total. The van der Waals surface area contributed by atoms with E-state index in [0.717, 1.165) is 37.1 Å². The van der Waals surface area contributed by atoms with Crippen molar-refractivity contribution < 1.29 is 9.90 Å². The van der Waals surface area contributed by atoms with Crippen LogP contribution >= 0.6 is 0 Å². The van der Waals surface area contributed by atoms with Crippen LogP contribution < -0.4 is 5.73 Å². The number of Topliss-reactive ketones (excluding diaryl/α,β-unsaturated/α-hetero) is 1. The van der Waals surface area contributed by atoms with Gasteiger partial charge in [0.1, 0.15) is 0 Å². The molecule has 4 nitrogen and oxygen atoms in total. The molecule has 0 spiro atoms. The summed E-state index contributed by atoms with van der Waals surface area (Å²) in [6.07, 6.45) is 3.83. The van der Waals surface area contributed by atoms with Gasteiger partial charge in [0.15, 0.2) is 5.78 Å². The number of rotatable bonds is 9. The van der Waals surface area contributed by atoms with E-state index in [4.69, 9.17) is 10.8 Å². The number of carbonyl (C=O) groups is 1. The molecule has 0 radical (unpaired) electrons. The van der Waals surface area contributed by atoms with Gasteiger partial charge in [0.05, 0.1) is 12.3 Å². The van der Waals surface area contributed by atoms with E-state index in [9.17, 15) is 4.79 Å². The van der Waals surface area contributed by atoms with Crippen LogP contribution in [0.25, 0.3) is 0 Å². The number of hydrogen-bond acceptors (Lipinski definition) is 3. The second-order valence-corrected chi connectivity index (χ2v) is 6.51. The molecule has 0 bridgehead atoms. The summed E-state index contributed by atoms with van der Waals surface area (Å²) in [5.74, 6) is 0.183. The van der Waals surface area contributed by atoms with Gasteiger partial charge in [-0.1, -0.05) is 29.8 Å². The highest BCUT2D eigenvalue weighted by atomic mass is 16.3. The minimum Gasteiger partial charge on any atom is -0.395 e. The van der Waals surface area contributed by atoms with Crippen LogP contribution in [0.4, 0.5) is 0 Å². The first-order chi connectivity index (χ1) is 11.5. The van der Waals surface area contributed by atoms with Gasteiger partial charge in [0.2, 0.25) is 0 Å². The van der Waals surface area contributed by atoms with E-state index in [0.29, 0.717) is 6.42 Å². The molecule has 1 heterocycles. The molecule has 0 amide bonds. The van der Waals surface area contributed by atoms with Gasteiger partial charge in [-0.05, 0) is 50.3 Å². The Balaban J connectivity index is 1.86. The van der Waals surface area contributed by atoms with Crippen LogP contribution in [0.3, 0.4) is 0 Å². The summed E-state index contributed by atoms with van der Waals surface area (Å²) in [6, 6.07) is 12.2. The Morgan fingerprint density at radius 1 is 1.17 bits per heavy atom. The summed E-state index contributed by atoms with van der Waals surface area (Å²) < 4.78 is 1.96. The van der Waals surface area contributed by atoms with Gasteiger partial charge < -0.3 is 15.4 Å². The van der Waals surface area contributed by atoms with Crippen molar-refractivity contribution >= 4 is 5.78 Å². The SMILES string of the molecule is Cc1ccc(CCCC(=O)c2ccc(CC[C@@H](N)CO)n2C)cc1. The average Bonchev–Trinajstić information content (AvgIpc) is 2.95. The Labute approximate surface area is 144 Å². The number of hydrogen-bond donors (Lipinski definition) is 2. The molecule has 0 unspecified atom stereocenters. The predicted octanol–water partition coefficient (Wildman–Crippen LogP) is 2.79. The van der Waals surface area contributed by atoms with Gasteiger partial charge in [-0.25, -0.2) is 0 Å². The van der Waals surface area contributed by atoms with Crippen molar-refractivity contribution in [1.29, 1.82) is 0 Å². The van der Waals surface area contributed by atoms with E-state index in [1.165, 1.54) is 11.1 Å². The van der Waals surface area contributed by atoms with Gasteiger partial charge in [-0.15, -0.1) is 0 Å². The molecule has 0 fully saturated rings. The Hall–Kier alpha value is -1.91. The second kappa shape index (κ2) is 8.81. The van der Waals surface area contributed by atoms with Crippen LogP contribution in [-0.4, -0.2) is 28.1 Å². The summed E-state index contributed by atoms with van der Waals surface area (Å²) >= 11 is 0. The normalized spacial score (nSPS) is 12.3. The van der Waals surface area contributed by atoms with Crippen molar-refractivity contribution in [1.82, 2.24) is 4.57 Å². The minimum atomic E-state index is -0.200. The van der Waals surface area contributed by atoms with Crippen molar-refractivity contribution in [3.63, 3.8) is 0 Å². The van der Waals surface area contributed by atoms with Crippen LogP contribution in [0, 0.1) is 6.92 Å². The lowest BCUT2D eigenvalue weighted by Gasteiger charge is -2.10. The maximum Gasteiger partial charge on any atom is 0.179 e. The maximum atomic E-state index is 12.4. The first kappa shape index (κ1) is 18.4. The maximum absolute atomic E-state index is 12.4. The molecule has 1 atom stereocenters. The number of nitrogens with two attached hydrogens (primary N) is 1. The Kier molecular flexibility index (Phi) is 6.76. The monoisotopic (exact) mass is 328 g/mol. The quantitative estimate of drug-likeness (QED) is 0.696. The van der Waals surface area contributed by atoms with Crippen molar-refractivity contribution in [2.75, 3.05) is 6.61 Å². The standard InChI is InChI=1S/C20H28N2O2/c1-15-6-8-16(9-7-15)4-3-5-20(24)19-13-12-18(22(19)2)11-10-17(21)14-23/h6-9,12-13,17,23H,3-5,10-11,14,21H2,1-2H3/t17-/m1/s1. The molecule has 130 valence electrons. The summed E-state index contributed by atoms with van der Waals surface area (Å²) in [6.45, 7) is 2.07. The number of nitrogens with zero attached hydrogens (tertiary/aromatic N) is 1. The number of aryl methyl sites for hydroxylation is 3. The van der Waals surface area contributed by atoms with Crippen LogP contribution in [0.5, 0.6) is 0 Å². The molecule has 4 heteroatoms. The predicted molar refractivity (Wildman–Crippen MR) is 97.2 cm³/mol. The molecule has 2 aromatic rings. The molecule has 1 aromatic carbocycles. The average molecular weight is 328 g/mol. The lowest BCUT2D eigenvalue weighted by atomic mass is 10.0. The Morgan fingerprint density at radius 2 is 1.88 bits per heavy atom. The first-order valence-electron chi connectivity index (χ1n) is 8.61. The number of ketones is 1. The summed E-state index contributed by atoms with van der Waals surface area (Å²) in [5, 5.41) is 9.00. The molecule has 0 aliphatic heterocycles. The number of aliphatic hydroxyl groups excluding tert-OH is 1. The smallest absolute Gasteiger partial charge is 0.179 e. The number of benzene rings is 1. The van der Waals surface area contributed by atoms with Crippen LogP contribution in [-0.2, 0) is 19.9 Å². The molecule has 0 aliphatic carbocycles. The van der Waals surface area contributed by atoms with E-state index >= 15 is 0 Å². The van der Waals surface area contributed by atoms with E-state index in [1.807, 2.05) is 23.7 Å². The Bertz CT molecular complexity index is 659. The zero-order valence-corrected chi connectivity index (χ0v) is 14.7. The van der Waals surface area contributed by atoms with Crippen LogP contribution in [0.15, 0.2) is 36.4 Å². The topological polar surface area (TPSA) is 68.2 Å². The summed E-state index contributed by atoms with van der Waals surface area (Å²) in [7, 11) is 1.92. The zero-order valence-electron chi connectivity index (χ0n) is 14.7. The van der Waals surface area contributed by atoms with E-state index < -0.39 is 0 Å². The molecule has 0 aliphatic rings. The number of aliphatic hydroxyl groups is 1. The van der Waals surface area contributed by atoms with Gasteiger partial charge in [0.25, 0.3) is 0 Å². The molecule has 2 rings (SSSR count).